The van der Waals surface area contributed by atoms with Gasteiger partial charge in [0.1, 0.15) is 6.42 Å². The van der Waals surface area contributed by atoms with E-state index in [9.17, 15) is 13.6 Å². The number of ether oxygens (including phenoxy) is 1. The highest BCUT2D eigenvalue weighted by Crippen LogP contribution is 2.25. The molecule has 0 unspecified atom stereocenters. The van der Waals surface area contributed by atoms with Gasteiger partial charge < -0.3 is 4.74 Å². The fourth-order valence-electron chi connectivity index (χ4n) is 0.236. The van der Waals surface area contributed by atoms with Crippen molar-refractivity contribution in [1.82, 2.24) is 0 Å². The molecule has 0 atom stereocenters. The summed E-state index contributed by atoms with van der Waals surface area (Å²) in [6.45, 7) is 0. The Morgan fingerprint density at radius 3 is 2.33 bits per heavy atom. The Morgan fingerprint density at radius 1 is 1.78 bits per heavy atom. The van der Waals surface area contributed by atoms with Gasteiger partial charge in [0.25, 0.3) is 0 Å². The van der Waals surface area contributed by atoms with Crippen LogP contribution in [-0.4, -0.2) is 17.9 Å². The standard InChI is InChI=1S/C4H5BrF2O2/c1-9-3(8)2-4(5,6)7/h2H2,1H3. The van der Waals surface area contributed by atoms with Crippen LogP contribution in [0.15, 0.2) is 0 Å². The minimum atomic E-state index is -3.14. The highest BCUT2D eigenvalue weighted by Gasteiger charge is 2.28. The zero-order valence-corrected chi connectivity index (χ0v) is 6.24. The molecule has 0 aliphatic heterocycles. The molecule has 9 heavy (non-hydrogen) atoms. The highest BCUT2D eigenvalue weighted by atomic mass is 79.9. The van der Waals surface area contributed by atoms with E-state index in [1.54, 1.807) is 0 Å². The molecule has 0 saturated heterocycles. The van der Waals surface area contributed by atoms with Crippen LogP contribution in [-0.2, 0) is 9.53 Å². The molecular weight excluding hydrogens is 198 g/mol. The van der Waals surface area contributed by atoms with Crippen LogP contribution in [0.5, 0.6) is 0 Å². The predicted octanol–water partition coefficient (Wildman–Crippen LogP) is 1.54. The molecule has 0 bridgehead atoms. The van der Waals surface area contributed by atoms with Gasteiger partial charge in [-0.25, -0.2) is 0 Å². The van der Waals surface area contributed by atoms with Crippen molar-refractivity contribution in [2.24, 2.45) is 0 Å². The number of carbonyl (C=O) groups excluding carboxylic acids is 1. The molecule has 0 fully saturated rings. The van der Waals surface area contributed by atoms with Gasteiger partial charge in [-0.3, -0.25) is 4.79 Å². The average molecular weight is 203 g/mol. The molecule has 0 aromatic heterocycles. The normalized spacial score (nSPS) is 11.1. The van der Waals surface area contributed by atoms with E-state index in [0.717, 1.165) is 7.11 Å². The number of hydrogen-bond acceptors (Lipinski definition) is 2. The quantitative estimate of drug-likeness (QED) is 0.502. The lowest BCUT2D eigenvalue weighted by Crippen LogP contribution is -2.13. The lowest BCUT2D eigenvalue weighted by Gasteiger charge is -2.04. The molecule has 0 amide bonds. The second-order valence-electron chi connectivity index (χ2n) is 1.37. The third-order valence-corrected chi connectivity index (χ3v) is 0.853. The van der Waals surface area contributed by atoms with E-state index >= 15 is 0 Å². The van der Waals surface area contributed by atoms with E-state index in [1.165, 1.54) is 0 Å². The van der Waals surface area contributed by atoms with Gasteiger partial charge in [0, 0.05) is 0 Å². The first-order valence-corrected chi connectivity index (χ1v) is 2.88. The summed E-state index contributed by atoms with van der Waals surface area (Å²) in [5.41, 5.74) is 0. The number of esters is 1. The second kappa shape index (κ2) is 3.10. The summed E-state index contributed by atoms with van der Waals surface area (Å²) in [6, 6.07) is 0. The zero-order chi connectivity index (χ0) is 7.49. The number of hydrogen-bond donors (Lipinski definition) is 0. The molecule has 0 aliphatic carbocycles. The summed E-state index contributed by atoms with van der Waals surface area (Å²) in [5.74, 6) is -0.933. The maximum Gasteiger partial charge on any atom is 0.312 e. The monoisotopic (exact) mass is 202 g/mol. The number of carbonyl (C=O) groups is 1. The number of rotatable bonds is 2. The van der Waals surface area contributed by atoms with Crippen LogP contribution in [0.25, 0.3) is 0 Å². The number of alkyl halides is 3. The van der Waals surface area contributed by atoms with Crippen LogP contribution in [0.2, 0.25) is 0 Å². The smallest absolute Gasteiger partial charge is 0.312 e. The van der Waals surface area contributed by atoms with Gasteiger partial charge in [0.15, 0.2) is 0 Å². The van der Waals surface area contributed by atoms with Crippen molar-refractivity contribution in [2.45, 2.75) is 11.3 Å². The molecule has 5 heteroatoms. The van der Waals surface area contributed by atoms with Crippen molar-refractivity contribution in [2.75, 3.05) is 7.11 Å². The first-order chi connectivity index (χ1) is 3.95. The van der Waals surface area contributed by atoms with Crippen molar-refractivity contribution in [3.8, 4) is 0 Å². The maximum absolute atomic E-state index is 11.8. The van der Waals surface area contributed by atoms with E-state index in [2.05, 4.69) is 4.74 Å². The van der Waals surface area contributed by atoms with Crippen molar-refractivity contribution in [3.05, 3.63) is 0 Å². The molecule has 0 rings (SSSR count). The molecule has 0 radical (unpaired) electrons. The van der Waals surface area contributed by atoms with E-state index in [-0.39, 0.29) is 0 Å². The van der Waals surface area contributed by atoms with Crippen LogP contribution in [0.1, 0.15) is 6.42 Å². The minimum absolute atomic E-state index is 0.927. The highest BCUT2D eigenvalue weighted by molar-refractivity contribution is 9.10. The van der Waals surface area contributed by atoms with Gasteiger partial charge in [0.2, 0.25) is 0 Å². The van der Waals surface area contributed by atoms with Crippen molar-refractivity contribution in [3.63, 3.8) is 0 Å². The summed E-state index contributed by atoms with van der Waals surface area (Å²) in [6.07, 6.45) is -0.927. The molecule has 0 saturated carbocycles. The van der Waals surface area contributed by atoms with Crippen LogP contribution in [0.4, 0.5) is 8.78 Å². The van der Waals surface area contributed by atoms with Gasteiger partial charge in [-0.1, -0.05) is 0 Å². The lowest BCUT2D eigenvalue weighted by atomic mass is 10.5. The molecule has 0 N–H and O–H groups in total. The average Bonchev–Trinajstić information content (AvgIpc) is 1.62. The van der Waals surface area contributed by atoms with Gasteiger partial charge >= 0.3 is 10.8 Å². The van der Waals surface area contributed by atoms with E-state index in [0.29, 0.717) is 0 Å². The molecule has 0 aliphatic rings. The van der Waals surface area contributed by atoms with Crippen LogP contribution < -0.4 is 0 Å². The third kappa shape index (κ3) is 5.68. The summed E-state index contributed by atoms with van der Waals surface area (Å²) in [5, 5.41) is 0. The summed E-state index contributed by atoms with van der Waals surface area (Å²) >= 11 is 1.99. The largest absolute Gasteiger partial charge is 0.469 e. The lowest BCUT2D eigenvalue weighted by molar-refractivity contribution is -0.144. The SMILES string of the molecule is COC(=O)CC(F)(F)Br. The van der Waals surface area contributed by atoms with Crippen LogP contribution in [0.3, 0.4) is 0 Å². The minimum Gasteiger partial charge on any atom is -0.469 e. The Morgan fingerprint density at radius 2 is 2.22 bits per heavy atom. The Kier molecular flexibility index (Phi) is 3.03. The molecule has 0 spiro atoms. The van der Waals surface area contributed by atoms with Gasteiger partial charge in [-0.15, -0.1) is 0 Å². The molecular formula is C4H5BrF2O2. The van der Waals surface area contributed by atoms with E-state index in [1.807, 2.05) is 15.9 Å². The topological polar surface area (TPSA) is 26.3 Å². The van der Waals surface area contributed by atoms with Gasteiger partial charge in [0.05, 0.1) is 7.11 Å². The maximum atomic E-state index is 11.8. The Bertz CT molecular complexity index is 110. The fraction of sp³-hybridized carbons (Fsp3) is 0.750. The Hall–Kier alpha value is -0.190. The van der Waals surface area contributed by atoms with Crippen molar-refractivity contribution < 1.29 is 18.3 Å². The summed E-state index contributed by atoms with van der Waals surface area (Å²) < 4.78 is 27.5. The molecule has 0 aromatic rings. The number of halogens is 3. The first-order valence-electron chi connectivity index (χ1n) is 2.09. The third-order valence-electron chi connectivity index (χ3n) is 0.572. The second-order valence-corrected chi connectivity index (χ2v) is 2.53. The predicted molar refractivity (Wildman–Crippen MR) is 30.5 cm³/mol. The Labute approximate surface area is 59.3 Å². The summed E-state index contributed by atoms with van der Waals surface area (Å²) in [7, 11) is 1.06. The van der Waals surface area contributed by atoms with Gasteiger partial charge in [-0.05, 0) is 15.9 Å². The fourth-order valence-corrected chi connectivity index (χ4v) is 0.465. The first kappa shape index (κ1) is 8.81. The Balaban J connectivity index is 3.60. The van der Waals surface area contributed by atoms with Crippen LogP contribution in [0, 0.1) is 0 Å². The molecule has 0 heterocycles. The van der Waals surface area contributed by atoms with Crippen LogP contribution >= 0.6 is 15.9 Å². The molecule has 2 nitrogen and oxygen atoms in total. The number of methoxy groups -OCH3 is 1. The van der Waals surface area contributed by atoms with E-state index < -0.39 is 17.2 Å². The van der Waals surface area contributed by atoms with Gasteiger partial charge in [-0.2, -0.15) is 8.78 Å². The van der Waals surface area contributed by atoms with Crippen molar-refractivity contribution in [1.29, 1.82) is 0 Å². The zero-order valence-electron chi connectivity index (χ0n) is 4.66. The molecule has 54 valence electrons. The van der Waals surface area contributed by atoms with E-state index in [4.69, 9.17) is 0 Å². The summed E-state index contributed by atoms with van der Waals surface area (Å²) in [4.78, 5) is 6.96. The molecule has 0 aromatic carbocycles. The van der Waals surface area contributed by atoms with Crippen molar-refractivity contribution >= 4 is 21.9 Å².